The average Bonchev–Trinajstić information content (AvgIpc) is 3.28. The van der Waals surface area contributed by atoms with Crippen LogP contribution in [-0.2, 0) is 0 Å². The third-order valence-electron chi connectivity index (χ3n) is 8.96. The second-order valence-corrected chi connectivity index (χ2v) is 13.0. The number of methoxy groups -OCH3 is 5. The van der Waals surface area contributed by atoms with Crippen LogP contribution in [0.3, 0.4) is 0 Å². The van der Waals surface area contributed by atoms with Crippen molar-refractivity contribution in [3.8, 4) is 62.9 Å². The standard InChI is InChI=1S/C46H35ClO14/c1-53-38-24-42(57-5)41(56-4)23-36(38)46(52)60-32-16-10-28(11-17-32)44(50)61-33-18-19-34(37(47)21-33)26-6-12-30(13-7-26)58-43(49)27-8-14-31(15-9-27)59-45(51)35-22-40(55-3)39(54-2)20-29(35)25-48/h6-25H,1-5H3. The van der Waals surface area contributed by atoms with E-state index < -0.39 is 23.9 Å². The Kier molecular flexibility index (Phi) is 13.5. The molecule has 0 amide bonds. The zero-order valence-corrected chi connectivity index (χ0v) is 33.9. The largest absolute Gasteiger partial charge is 0.496 e. The van der Waals surface area contributed by atoms with Gasteiger partial charge in [0.05, 0.1) is 57.3 Å². The summed E-state index contributed by atoms with van der Waals surface area (Å²) in [6, 6.07) is 28.5. The van der Waals surface area contributed by atoms with Crippen molar-refractivity contribution in [3.63, 3.8) is 0 Å². The van der Waals surface area contributed by atoms with Crippen LogP contribution in [-0.4, -0.2) is 65.7 Å². The molecule has 0 aliphatic rings. The number of ether oxygens (including phenoxy) is 9. The van der Waals surface area contributed by atoms with E-state index in [1.165, 1.54) is 114 Å². The van der Waals surface area contributed by atoms with Crippen molar-refractivity contribution in [3.05, 3.63) is 148 Å². The second-order valence-electron chi connectivity index (χ2n) is 12.6. The molecule has 0 saturated heterocycles. The van der Waals surface area contributed by atoms with Gasteiger partial charge >= 0.3 is 23.9 Å². The van der Waals surface area contributed by atoms with Crippen molar-refractivity contribution in [1.29, 1.82) is 0 Å². The van der Waals surface area contributed by atoms with Gasteiger partial charge in [-0.1, -0.05) is 23.7 Å². The Balaban J connectivity index is 1.03. The lowest BCUT2D eigenvalue weighted by Gasteiger charge is -2.13. The number of halogens is 1. The van der Waals surface area contributed by atoms with Crippen molar-refractivity contribution >= 4 is 41.8 Å². The highest BCUT2D eigenvalue weighted by molar-refractivity contribution is 6.33. The molecule has 61 heavy (non-hydrogen) atoms. The van der Waals surface area contributed by atoms with Gasteiger partial charge in [0.2, 0.25) is 0 Å². The van der Waals surface area contributed by atoms with Gasteiger partial charge in [0.1, 0.15) is 34.3 Å². The molecule has 6 aromatic carbocycles. The average molecular weight is 847 g/mol. The predicted molar refractivity (Wildman–Crippen MR) is 221 cm³/mol. The Morgan fingerprint density at radius 2 is 0.820 bits per heavy atom. The molecule has 0 radical (unpaired) electrons. The van der Waals surface area contributed by atoms with Crippen molar-refractivity contribution < 1.29 is 66.6 Å². The normalized spacial score (nSPS) is 10.5. The van der Waals surface area contributed by atoms with E-state index in [4.69, 9.17) is 54.2 Å². The van der Waals surface area contributed by atoms with E-state index >= 15 is 0 Å². The van der Waals surface area contributed by atoms with Crippen LogP contribution < -0.4 is 42.6 Å². The molecular weight excluding hydrogens is 812 g/mol. The molecule has 14 nitrogen and oxygen atoms in total. The minimum atomic E-state index is -0.811. The number of aldehydes is 1. The Hall–Kier alpha value is -7.84. The van der Waals surface area contributed by atoms with Crippen molar-refractivity contribution in [2.24, 2.45) is 0 Å². The monoisotopic (exact) mass is 846 g/mol. The van der Waals surface area contributed by atoms with Crippen LogP contribution in [0.5, 0.6) is 51.7 Å². The van der Waals surface area contributed by atoms with Crippen molar-refractivity contribution in [2.75, 3.05) is 35.5 Å². The third kappa shape index (κ3) is 9.90. The molecule has 6 aromatic rings. The van der Waals surface area contributed by atoms with Crippen molar-refractivity contribution in [2.45, 2.75) is 0 Å². The maximum atomic E-state index is 13.0. The first-order valence-corrected chi connectivity index (χ1v) is 18.4. The molecule has 0 aliphatic heterocycles. The van der Waals surface area contributed by atoms with Crippen LogP contribution in [0.25, 0.3) is 11.1 Å². The maximum Gasteiger partial charge on any atom is 0.347 e. The van der Waals surface area contributed by atoms with Gasteiger partial charge in [-0.3, -0.25) is 4.79 Å². The summed E-state index contributed by atoms with van der Waals surface area (Å²) in [4.78, 5) is 63.3. The SMILES string of the molecule is COc1cc(C=O)c(C(=O)Oc2ccc(C(=O)Oc3ccc(-c4ccc(OC(=O)c5ccc(OC(=O)c6cc(OC)c(OC)cc6OC)cc5)cc4Cl)cc3)cc2)cc1OC. The highest BCUT2D eigenvalue weighted by atomic mass is 35.5. The summed E-state index contributed by atoms with van der Waals surface area (Å²) in [5.41, 5.74) is 1.81. The van der Waals surface area contributed by atoms with Crippen LogP contribution >= 0.6 is 11.6 Å². The van der Waals surface area contributed by atoms with Gasteiger partial charge in [-0.2, -0.15) is 0 Å². The summed E-state index contributed by atoms with van der Waals surface area (Å²) in [7, 11) is 7.11. The molecule has 0 atom stereocenters. The highest BCUT2D eigenvalue weighted by Crippen LogP contribution is 2.36. The summed E-state index contributed by atoms with van der Waals surface area (Å²) in [5.74, 6) is -0.693. The van der Waals surface area contributed by atoms with Gasteiger partial charge < -0.3 is 42.6 Å². The maximum absolute atomic E-state index is 13.0. The lowest BCUT2D eigenvalue weighted by atomic mass is 10.1. The molecular formula is C46H35ClO14. The zero-order valence-electron chi connectivity index (χ0n) is 33.1. The van der Waals surface area contributed by atoms with E-state index in [-0.39, 0.29) is 73.1 Å². The fourth-order valence-electron chi connectivity index (χ4n) is 5.83. The molecule has 0 spiro atoms. The fraction of sp³-hybridized carbons (Fsp3) is 0.109. The molecule has 0 N–H and O–H groups in total. The lowest BCUT2D eigenvalue weighted by Crippen LogP contribution is -2.12. The Bertz CT molecular complexity index is 2600. The lowest BCUT2D eigenvalue weighted by molar-refractivity contribution is 0.0718. The number of esters is 4. The molecule has 6 rings (SSSR count). The quantitative estimate of drug-likeness (QED) is 0.0546. The van der Waals surface area contributed by atoms with Gasteiger partial charge in [-0.25, -0.2) is 19.2 Å². The minimum Gasteiger partial charge on any atom is -0.496 e. The van der Waals surface area contributed by atoms with Gasteiger partial charge in [0.15, 0.2) is 29.3 Å². The predicted octanol–water partition coefficient (Wildman–Crippen LogP) is 8.74. The van der Waals surface area contributed by atoms with Crippen LogP contribution in [0.4, 0.5) is 0 Å². The number of carbonyl (C=O) groups is 5. The molecule has 0 saturated carbocycles. The number of benzene rings is 6. The summed E-state index contributed by atoms with van der Waals surface area (Å²) in [5, 5.41) is 0.289. The molecule has 310 valence electrons. The van der Waals surface area contributed by atoms with Crippen LogP contribution in [0.15, 0.2) is 115 Å². The Labute approximate surface area is 353 Å². The summed E-state index contributed by atoms with van der Waals surface area (Å²) in [6.45, 7) is 0. The van der Waals surface area contributed by atoms with Gasteiger partial charge in [0.25, 0.3) is 0 Å². The summed E-state index contributed by atoms with van der Waals surface area (Å²) >= 11 is 6.59. The summed E-state index contributed by atoms with van der Waals surface area (Å²) in [6.07, 6.45) is 0.504. The number of carbonyl (C=O) groups excluding carboxylic acids is 5. The van der Waals surface area contributed by atoms with Crippen LogP contribution in [0, 0.1) is 0 Å². The minimum absolute atomic E-state index is 0.0298. The van der Waals surface area contributed by atoms with E-state index in [0.29, 0.717) is 28.9 Å². The Morgan fingerprint density at radius 1 is 0.426 bits per heavy atom. The van der Waals surface area contributed by atoms with Gasteiger partial charge in [-0.05, 0) is 90.5 Å². The first-order valence-electron chi connectivity index (χ1n) is 18.0. The first kappa shape index (κ1) is 42.8. The van der Waals surface area contributed by atoms with E-state index in [1.54, 1.807) is 36.4 Å². The van der Waals surface area contributed by atoms with Crippen LogP contribution in [0.1, 0.15) is 51.8 Å². The molecule has 15 heteroatoms. The topological polar surface area (TPSA) is 168 Å². The van der Waals surface area contributed by atoms with Crippen molar-refractivity contribution in [1.82, 2.24) is 0 Å². The smallest absolute Gasteiger partial charge is 0.347 e. The molecule has 0 unspecified atom stereocenters. The number of hydrogen-bond acceptors (Lipinski definition) is 14. The zero-order chi connectivity index (χ0) is 43.6. The molecule has 0 aliphatic carbocycles. The van der Waals surface area contributed by atoms with Gasteiger partial charge in [-0.15, -0.1) is 0 Å². The van der Waals surface area contributed by atoms with E-state index in [2.05, 4.69) is 0 Å². The third-order valence-corrected chi connectivity index (χ3v) is 9.27. The highest BCUT2D eigenvalue weighted by Gasteiger charge is 2.22. The number of hydrogen-bond donors (Lipinski definition) is 0. The second kappa shape index (κ2) is 19.3. The van der Waals surface area contributed by atoms with E-state index in [0.717, 1.165) is 0 Å². The Morgan fingerprint density at radius 3 is 1.30 bits per heavy atom. The van der Waals surface area contributed by atoms with E-state index in [9.17, 15) is 24.0 Å². The number of rotatable bonds is 15. The van der Waals surface area contributed by atoms with E-state index in [1.807, 2.05) is 0 Å². The van der Waals surface area contributed by atoms with Crippen LogP contribution in [0.2, 0.25) is 5.02 Å². The summed E-state index contributed by atoms with van der Waals surface area (Å²) < 4.78 is 48.2. The first-order chi connectivity index (χ1) is 29.5. The molecule has 0 heterocycles. The van der Waals surface area contributed by atoms with Gasteiger partial charge in [0, 0.05) is 29.3 Å². The molecule has 0 fully saturated rings. The molecule has 0 bridgehead atoms. The fourth-order valence-corrected chi connectivity index (χ4v) is 6.11. The molecule has 0 aromatic heterocycles.